The number of hydrogen-bond donors (Lipinski definition) is 1. The van der Waals surface area contributed by atoms with Crippen molar-refractivity contribution in [2.24, 2.45) is 5.92 Å². The molecule has 0 saturated heterocycles. The number of rotatable bonds is 7. The predicted octanol–water partition coefficient (Wildman–Crippen LogP) is 3.88. The van der Waals surface area contributed by atoms with Crippen LogP contribution in [0.25, 0.3) is 17.0 Å². The quantitative estimate of drug-likeness (QED) is 0.811. The van der Waals surface area contributed by atoms with Crippen molar-refractivity contribution in [3.63, 3.8) is 0 Å². The highest BCUT2D eigenvalue weighted by molar-refractivity contribution is 5.74. The zero-order valence-corrected chi connectivity index (χ0v) is 15.4. The molecule has 1 heterocycles. The van der Waals surface area contributed by atoms with Gasteiger partial charge in [-0.2, -0.15) is 4.98 Å². The first-order valence-electron chi connectivity index (χ1n) is 8.90. The lowest BCUT2D eigenvalue weighted by atomic mass is 9.88. The lowest BCUT2D eigenvalue weighted by molar-refractivity contribution is 0.247. The van der Waals surface area contributed by atoms with Crippen LogP contribution in [-0.2, 0) is 0 Å². The van der Waals surface area contributed by atoms with Gasteiger partial charge in [-0.05, 0) is 45.4 Å². The summed E-state index contributed by atoms with van der Waals surface area (Å²) in [6.45, 7) is 7.07. The average Bonchev–Trinajstić information content (AvgIpc) is 3.13. The first kappa shape index (κ1) is 18.2. The number of aliphatic hydroxyl groups excluding tert-OH is 1. The van der Waals surface area contributed by atoms with Gasteiger partial charge in [-0.1, -0.05) is 22.9 Å². The molecule has 2 aromatic rings. The standard InChI is InChI=1S/C20H24N2O4/c1-4-24-17-10-9-14(11-18(17)25-5-2)20-21-19(22-26-20)16-8-6-7-15(12-23)13(16)3/h6,8-11,15,23H,4-5,7,12H2,1-3H3. The van der Waals surface area contributed by atoms with Crippen LogP contribution in [0.4, 0.5) is 0 Å². The first-order chi connectivity index (χ1) is 12.7. The largest absolute Gasteiger partial charge is 0.490 e. The molecule has 1 unspecified atom stereocenters. The predicted molar refractivity (Wildman–Crippen MR) is 99.0 cm³/mol. The fourth-order valence-electron chi connectivity index (χ4n) is 2.97. The van der Waals surface area contributed by atoms with Crippen molar-refractivity contribution < 1.29 is 19.1 Å². The molecule has 1 aromatic heterocycles. The molecule has 138 valence electrons. The van der Waals surface area contributed by atoms with E-state index in [1.807, 2.05) is 51.1 Å². The Morgan fingerprint density at radius 2 is 1.96 bits per heavy atom. The molecule has 0 amide bonds. The molecule has 1 atom stereocenters. The second-order valence-electron chi connectivity index (χ2n) is 6.06. The van der Waals surface area contributed by atoms with Crippen molar-refractivity contribution in [3.05, 3.63) is 41.7 Å². The van der Waals surface area contributed by atoms with Gasteiger partial charge in [0.25, 0.3) is 5.89 Å². The molecule has 0 aliphatic heterocycles. The monoisotopic (exact) mass is 356 g/mol. The Balaban J connectivity index is 1.93. The van der Waals surface area contributed by atoms with Gasteiger partial charge in [0.15, 0.2) is 11.5 Å². The minimum absolute atomic E-state index is 0.104. The van der Waals surface area contributed by atoms with E-state index in [-0.39, 0.29) is 12.5 Å². The van der Waals surface area contributed by atoms with Gasteiger partial charge in [0, 0.05) is 23.7 Å². The molecule has 1 aromatic carbocycles. The molecule has 3 rings (SSSR count). The summed E-state index contributed by atoms with van der Waals surface area (Å²) in [4.78, 5) is 4.54. The maximum atomic E-state index is 9.50. The van der Waals surface area contributed by atoms with Gasteiger partial charge < -0.3 is 19.1 Å². The van der Waals surface area contributed by atoms with E-state index in [0.29, 0.717) is 36.4 Å². The lowest BCUT2D eigenvalue weighted by Crippen LogP contribution is -2.11. The Morgan fingerprint density at radius 3 is 2.69 bits per heavy atom. The molecule has 6 heteroatoms. The SMILES string of the molecule is CCOc1ccc(-c2nc(C3=C(C)C(CO)CC=C3)no2)cc1OCC. The Hall–Kier alpha value is -2.60. The van der Waals surface area contributed by atoms with Gasteiger partial charge in [0.2, 0.25) is 5.82 Å². The summed E-state index contributed by atoms with van der Waals surface area (Å²) in [5.74, 6) is 2.40. The van der Waals surface area contributed by atoms with Crippen LogP contribution in [0.15, 0.2) is 40.4 Å². The smallest absolute Gasteiger partial charge is 0.258 e. The number of benzene rings is 1. The van der Waals surface area contributed by atoms with Crippen molar-refractivity contribution in [2.45, 2.75) is 27.2 Å². The summed E-state index contributed by atoms with van der Waals surface area (Å²) in [7, 11) is 0. The van der Waals surface area contributed by atoms with E-state index in [0.717, 1.165) is 23.1 Å². The fourth-order valence-corrected chi connectivity index (χ4v) is 2.97. The highest BCUT2D eigenvalue weighted by Crippen LogP contribution is 2.34. The number of ether oxygens (including phenoxy) is 2. The van der Waals surface area contributed by atoms with Crippen molar-refractivity contribution >= 4 is 5.57 Å². The lowest BCUT2D eigenvalue weighted by Gasteiger charge is -2.18. The van der Waals surface area contributed by atoms with Crippen molar-refractivity contribution in [1.29, 1.82) is 0 Å². The third-order valence-electron chi connectivity index (χ3n) is 4.42. The average molecular weight is 356 g/mol. The van der Waals surface area contributed by atoms with E-state index < -0.39 is 0 Å². The Morgan fingerprint density at radius 1 is 1.19 bits per heavy atom. The third-order valence-corrected chi connectivity index (χ3v) is 4.42. The molecule has 0 saturated carbocycles. The second kappa shape index (κ2) is 8.19. The van der Waals surface area contributed by atoms with Gasteiger partial charge in [-0.25, -0.2) is 0 Å². The second-order valence-corrected chi connectivity index (χ2v) is 6.06. The molecular formula is C20H24N2O4. The van der Waals surface area contributed by atoms with Gasteiger partial charge in [0.1, 0.15) is 0 Å². The molecule has 0 radical (unpaired) electrons. The molecule has 1 aliphatic rings. The molecule has 0 bridgehead atoms. The van der Waals surface area contributed by atoms with E-state index in [2.05, 4.69) is 10.1 Å². The van der Waals surface area contributed by atoms with Crippen LogP contribution in [0.2, 0.25) is 0 Å². The highest BCUT2D eigenvalue weighted by atomic mass is 16.5. The summed E-state index contributed by atoms with van der Waals surface area (Å²) < 4.78 is 16.7. The van der Waals surface area contributed by atoms with Gasteiger partial charge in [-0.15, -0.1) is 0 Å². The molecule has 1 aliphatic carbocycles. The van der Waals surface area contributed by atoms with Crippen molar-refractivity contribution in [1.82, 2.24) is 10.1 Å². The van der Waals surface area contributed by atoms with Crippen LogP contribution >= 0.6 is 0 Å². The Bertz CT molecular complexity index is 823. The number of hydrogen-bond acceptors (Lipinski definition) is 6. The molecule has 6 nitrogen and oxygen atoms in total. The van der Waals surface area contributed by atoms with E-state index >= 15 is 0 Å². The van der Waals surface area contributed by atoms with Crippen molar-refractivity contribution in [3.8, 4) is 23.0 Å². The number of aliphatic hydroxyl groups is 1. The Labute approximate surface area is 153 Å². The minimum Gasteiger partial charge on any atom is -0.490 e. The molecule has 26 heavy (non-hydrogen) atoms. The maximum Gasteiger partial charge on any atom is 0.258 e. The highest BCUT2D eigenvalue weighted by Gasteiger charge is 2.21. The summed E-state index contributed by atoms with van der Waals surface area (Å²) in [5, 5.41) is 13.6. The number of aromatic nitrogens is 2. The van der Waals surface area contributed by atoms with Crippen molar-refractivity contribution in [2.75, 3.05) is 19.8 Å². The molecule has 0 spiro atoms. The normalized spacial score (nSPS) is 16.8. The maximum absolute atomic E-state index is 9.50. The Kier molecular flexibility index (Phi) is 5.73. The zero-order chi connectivity index (χ0) is 18.5. The van der Waals surface area contributed by atoms with E-state index in [1.54, 1.807) is 0 Å². The van der Waals surface area contributed by atoms with Crippen LogP contribution in [0.3, 0.4) is 0 Å². The molecule has 0 fully saturated rings. The molecule has 1 N–H and O–H groups in total. The minimum atomic E-state index is 0.104. The van der Waals surface area contributed by atoms with Crippen LogP contribution < -0.4 is 9.47 Å². The molecular weight excluding hydrogens is 332 g/mol. The number of nitrogens with zero attached hydrogens (tertiary/aromatic N) is 2. The van der Waals surface area contributed by atoms with Crippen LogP contribution in [-0.4, -0.2) is 35.1 Å². The van der Waals surface area contributed by atoms with E-state index in [1.165, 1.54) is 0 Å². The van der Waals surface area contributed by atoms with Gasteiger partial charge in [0.05, 0.1) is 13.2 Å². The summed E-state index contributed by atoms with van der Waals surface area (Å²) in [6.07, 6.45) is 4.84. The third kappa shape index (κ3) is 3.65. The van der Waals surface area contributed by atoms with E-state index in [9.17, 15) is 5.11 Å². The van der Waals surface area contributed by atoms with Crippen LogP contribution in [0.5, 0.6) is 11.5 Å². The van der Waals surface area contributed by atoms with E-state index in [4.69, 9.17) is 14.0 Å². The topological polar surface area (TPSA) is 77.6 Å². The summed E-state index contributed by atoms with van der Waals surface area (Å²) in [6, 6.07) is 5.57. The fraction of sp³-hybridized carbons (Fsp3) is 0.400. The van der Waals surface area contributed by atoms with Gasteiger partial charge >= 0.3 is 0 Å². The summed E-state index contributed by atoms with van der Waals surface area (Å²) in [5.41, 5.74) is 2.75. The first-order valence-corrected chi connectivity index (χ1v) is 8.90. The zero-order valence-electron chi connectivity index (χ0n) is 15.4. The number of allylic oxidation sites excluding steroid dienone is 3. The van der Waals surface area contributed by atoms with Crippen LogP contribution in [0.1, 0.15) is 33.0 Å². The summed E-state index contributed by atoms with van der Waals surface area (Å²) >= 11 is 0. The van der Waals surface area contributed by atoms with Gasteiger partial charge in [-0.3, -0.25) is 0 Å². The van der Waals surface area contributed by atoms with Crippen LogP contribution in [0, 0.1) is 5.92 Å².